The molecule has 3 aromatic rings. The maximum atomic E-state index is 12.6. The Morgan fingerprint density at radius 3 is 2.42 bits per heavy atom. The van der Waals surface area contributed by atoms with Crippen LogP contribution in [-0.2, 0) is 4.79 Å². The Morgan fingerprint density at radius 1 is 0.962 bits per heavy atom. The van der Waals surface area contributed by atoms with E-state index in [1.807, 2.05) is 55.5 Å². The van der Waals surface area contributed by atoms with Crippen molar-refractivity contribution in [3.05, 3.63) is 77.9 Å². The third kappa shape index (κ3) is 2.69. The largest absolute Gasteiger partial charge is 0.507 e. The van der Waals surface area contributed by atoms with Gasteiger partial charge in [-0.3, -0.25) is 4.79 Å². The number of para-hydroxylation sites is 1. The number of benzene rings is 3. The van der Waals surface area contributed by atoms with E-state index >= 15 is 0 Å². The number of esters is 1. The van der Waals surface area contributed by atoms with Crippen molar-refractivity contribution in [2.75, 3.05) is 6.61 Å². The van der Waals surface area contributed by atoms with E-state index in [1.54, 1.807) is 18.2 Å². The molecule has 3 aromatic carbocycles. The zero-order chi connectivity index (χ0) is 18.1. The Hall–Kier alpha value is -3.27. The first kappa shape index (κ1) is 16.2. The van der Waals surface area contributed by atoms with Crippen molar-refractivity contribution >= 4 is 5.97 Å². The van der Waals surface area contributed by atoms with Crippen LogP contribution in [0.5, 0.6) is 17.2 Å². The quantitative estimate of drug-likeness (QED) is 0.558. The van der Waals surface area contributed by atoms with E-state index in [1.165, 1.54) is 0 Å². The summed E-state index contributed by atoms with van der Waals surface area (Å²) in [6.45, 7) is 2.52. The number of fused-ring (bicyclic) bond motifs is 1. The van der Waals surface area contributed by atoms with Crippen molar-refractivity contribution in [2.24, 2.45) is 0 Å². The number of carbonyl (C=O) groups excluding carboxylic acids is 1. The van der Waals surface area contributed by atoms with Gasteiger partial charge in [0.25, 0.3) is 0 Å². The lowest BCUT2D eigenvalue weighted by Crippen LogP contribution is -2.12. The molecule has 0 aromatic heterocycles. The Bertz CT molecular complexity index is 960. The fourth-order valence-electron chi connectivity index (χ4n) is 3.38. The smallest absolute Gasteiger partial charge is 0.323 e. The number of phenols is 1. The van der Waals surface area contributed by atoms with Gasteiger partial charge in [-0.2, -0.15) is 0 Å². The molecule has 4 heteroatoms. The topological polar surface area (TPSA) is 55.8 Å². The highest BCUT2D eigenvalue weighted by molar-refractivity contribution is 5.94. The van der Waals surface area contributed by atoms with E-state index in [9.17, 15) is 9.90 Å². The third-order valence-electron chi connectivity index (χ3n) is 4.52. The molecule has 4 nitrogen and oxygen atoms in total. The first-order chi connectivity index (χ1) is 12.7. The average molecular weight is 346 g/mol. The summed E-state index contributed by atoms with van der Waals surface area (Å²) in [7, 11) is 0. The van der Waals surface area contributed by atoms with E-state index < -0.39 is 5.92 Å². The fraction of sp³-hybridized carbons (Fsp3) is 0.136. The normalized spacial score (nSPS) is 15.4. The number of aromatic hydroxyl groups is 1. The summed E-state index contributed by atoms with van der Waals surface area (Å²) in [5.74, 6) is 0.626. The van der Waals surface area contributed by atoms with Crippen LogP contribution >= 0.6 is 0 Å². The van der Waals surface area contributed by atoms with Crippen molar-refractivity contribution in [1.82, 2.24) is 0 Å². The first-order valence-corrected chi connectivity index (χ1v) is 8.54. The summed E-state index contributed by atoms with van der Waals surface area (Å²) < 4.78 is 11.0. The second kappa shape index (κ2) is 6.56. The lowest BCUT2D eigenvalue weighted by Gasteiger charge is -2.14. The standard InChI is InChI=1S/C22H18O4/c1-2-25-15-12-10-14(11-13-15)20-21-17(16-6-3-4-8-18(16)23)7-5-9-19(21)26-22(20)24/h3-13,20,23H,2H2,1H3. The van der Waals surface area contributed by atoms with Crippen molar-refractivity contribution in [1.29, 1.82) is 0 Å². The summed E-state index contributed by atoms with van der Waals surface area (Å²) in [4.78, 5) is 12.6. The van der Waals surface area contributed by atoms with Gasteiger partial charge in [0.15, 0.2) is 0 Å². The third-order valence-corrected chi connectivity index (χ3v) is 4.52. The van der Waals surface area contributed by atoms with Crippen molar-refractivity contribution in [3.63, 3.8) is 0 Å². The molecule has 26 heavy (non-hydrogen) atoms. The van der Waals surface area contributed by atoms with Crippen LogP contribution in [-0.4, -0.2) is 17.7 Å². The van der Waals surface area contributed by atoms with Gasteiger partial charge in [0, 0.05) is 11.1 Å². The van der Waals surface area contributed by atoms with Crippen LogP contribution in [0.15, 0.2) is 66.7 Å². The summed E-state index contributed by atoms with van der Waals surface area (Å²) in [6.07, 6.45) is 0. The number of phenolic OH excluding ortho intramolecular Hbond substituents is 1. The van der Waals surface area contributed by atoms with E-state index in [-0.39, 0.29) is 11.7 Å². The van der Waals surface area contributed by atoms with E-state index in [2.05, 4.69) is 0 Å². The lowest BCUT2D eigenvalue weighted by atomic mass is 9.86. The van der Waals surface area contributed by atoms with Gasteiger partial charge >= 0.3 is 5.97 Å². The molecular weight excluding hydrogens is 328 g/mol. The molecule has 0 radical (unpaired) electrons. The molecule has 130 valence electrons. The number of carbonyl (C=O) groups is 1. The Morgan fingerprint density at radius 2 is 1.69 bits per heavy atom. The van der Waals surface area contributed by atoms with E-state index in [0.717, 1.165) is 22.4 Å². The molecule has 1 atom stereocenters. The summed E-state index contributed by atoms with van der Waals surface area (Å²) >= 11 is 0. The maximum absolute atomic E-state index is 12.6. The highest BCUT2D eigenvalue weighted by Crippen LogP contribution is 2.46. The van der Waals surface area contributed by atoms with Crippen LogP contribution in [0, 0.1) is 0 Å². The predicted octanol–water partition coefficient (Wildman–Crippen LogP) is 4.51. The molecule has 0 saturated heterocycles. The van der Waals surface area contributed by atoms with Gasteiger partial charge < -0.3 is 14.6 Å². The monoisotopic (exact) mass is 346 g/mol. The molecule has 0 saturated carbocycles. The second-order valence-electron chi connectivity index (χ2n) is 6.09. The van der Waals surface area contributed by atoms with Crippen LogP contribution in [0.25, 0.3) is 11.1 Å². The van der Waals surface area contributed by atoms with E-state index in [0.29, 0.717) is 17.9 Å². The fourth-order valence-corrected chi connectivity index (χ4v) is 3.38. The highest BCUT2D eigenvalue weighted by Gasteiger charge is 2.37. The molecule has 0 spiro atoms. The van der Waals surface area contributed by atoms with Crippen molar-refractivity contribution < 1.29 is 19.4 Å². The van der Waals surface area contributed by atoms with Crippen LogP contribution < -0.4 is 9.47 Å². The van der Waals surface area contributed by atoms with Crippen molar-refractivity contribution in [2.45, 2.75) is 12.8 Å². The van der Waals surface area contributed by atoms with E-state index in [4.69, 9.17) is 9.47 Å². The van der Waals surface area contributed by atoms with Gasteiger partial charge in [-0.25, -0.2) is 0 Å². The van der Waals surface area contributed by atoms with Gasteiger partial charge in [-0.15, -0.1) is 0 Å². The average Bonchev–Trinajstić information content (AvgIpc) is 2.99. The predicted molar refractivity (Wildman–Crippen MR) is 98.6 cm³/mol. The maximum Gasteiger partial charge on any atom is 0.323 e. The molecule has 1 heterocycles. The molecule has 1 aliphatic rings. The Kier molecular flexibility index (Phi) is 4.09. The molecule has 0 fully saturated rings. The molecule has 1 aliphatic heterocycles. The minimum atomic E-state index is -0.531. The SMILES string of the molecule is CCOc1ccc(C2C(=O)Oc3cccc(-c4ccccc4O)c32)cc1. The van der Waals surface area contributed by atoms with Gasteiger partial charge in [0.05, 0.1) is 6.61 Å². The number of ether oxygens (including phenoxy) is 2. The summed E-state index contributed by atoms with van der Waals surface area (Å²) in [6, 6.07) is 20.1. The highest BCUT2D eigenvalue weighted by atomic mass is 16.5. The Balaban J connectivity index is 1.84. The molecule has 1 unspecified atom stereocenters. The minimum Gasteiger partial charge on any atom is -0.507 e. The zero-order valence-electron chi connectivity index (χ0n) is 14.3. The van der Waals surface area contributed by atoms with Crippen LogP contribution in [0.3, 0.4) is 0 Å². The van der Waals surface area contributed by atoms with Crippen LogP contribution in [0.2, 0.25) is 0 Å². The van der Waals surface area contributed by atoms with Gasteiger partial charge in [-0.05, 0) is 42.3 Å². The van der Waals surface area contributed by atoms with Crippen LogP contribution in [0.1, 0.15) is 24.0 Å². The summed E-state index contributed by atoms with van der Waals surface area (Å²) in [5.41, 5.74) is 3.09. The zero-order valence-corrected chi connectivity index (χ0v) is 14.3. The second-order valence-corrected chi connectivity index (χ2v) is 6.09. The number of hydrogen-bond acceptors (Lipinski definition) is 4. The molecule has 1 N–H and O–H groups in total. The number of rotatable bonds is 4. The Labute approximate surface area is 151 Å². The molecule has 0 aliphatic carbocycles. The van der Waals surface area contributed by atoms with Gasteiger partial charge in [0.2, 0.25) is 0 Å². The van der Waals surface area contributed by atoms with Crippen molar-refractivity contribution in [3.8, 4) is 28.4 Å². The minimum absolute atomic E-state index is 0.172. The van der Waals surface area contributed by atoms with Gasteiger partial charge in [0.1, 0.15) is 23.2 Å². The molecular formula is C22H18O4. The van der Waals surface area contributed by atoms with Crippen LogP contribution in [0.4, 0.5) is 0 Å². The molecule has 0 bridgehead atoms. The first-order valence-electron chi connectivity index (χ1n) is 8.54. The summed E-state index contributed by atoms with van der Waals surface area (Å²) in [5, 5.41) is 10.3. The molecule has 4 rings (SSSR count). The molecule has 0 amide bonds. The lowest BCUT2D eigenvalue weighted by molar-refractivity contribution is -0.133. The number of hydrogen-bond donors (Lipinski definition) is 1. The van der Waals surface area contributed by atoms with Gasteiger partial charge in [-0.1, -0.05) is 42.5 Å².